The van der Waals surface area contributed by atoms with E-state index in [1.807, 2.05) is 0 Å². The SMILES string of the molecule is CN(CC1CNCCO1)S(=O)(=O)N1CCOCC1. The molecule has 2 rings (SSSR count). The summed E-state index contributed by atoms with van der Waals surface area (Å²) in [7, 11) is -1.78. The summed E-state index contributed by atoms with van der Waals surface area (Å²) in [6, 6.07) is 0. The molecule has 8 heteroatoms. The molecular weight excluding hydrogens is 258 g/mol. The van der Waals surface area contributed by atoms with Gasteiger partial charge in [-0.1, -0.05) is 0 Å². The molecule has 0 spiro atoms. The first kappa shape index (κ1) is 14.2. The third-order valence-corrected chi connectivity index (χ3v) is 5.11. The van der Waals surface area contributed by atoms with Crippen LogP contribution in [0.2, 0.25) is 0 Å². The van der Waals surface area contributed by atoms with Gasteiger partial charge in [-0.3, -0.25) is 0 Å². The molecule has 0 aromatic rings. The molecule has 2 aliphatic heterocycles. The molecule has 2 aliphatic rings. The number of nitrogens with zero attached hydrogens (tertiary/aromatic N) is 2. The number of rotatable bonds is 4. The highest BCUT2D eigenvalue weighted by molar-refractivity contribution is 7.86. The predicted octanol–water partition coefficient (Wildman–Crippen LogP) is -1.52. The first-order valence-electron chi connectivity index (χ1n) is 6.22. The van der Waals surface area contributed by atoms with Gasteiger partial charge in [-0.25, -0.2) is 0 Å². The monoisotopic (exact) mass is 279 g/mol. The van der Waals surface area contributed by atoms with Crippen molar-refractivity contribution in [3.63, 3.8) is 0 Å². The van der Waals surface area contributed by atoms with Crippen LogP contribution in [-0.2, 0) is 19.7 Å². The fraction of sp³-hybridized carbons (Fsp3) is 1.00. The molecule has 106 valence electrons. The van der Waals surface area contributed by atoms with E-state index >= 15 is 0 Å². The molecule has 1 N–H and O–H groups in total. The van der Waals surface area contributed by atoms with Gasteiger partial charge in [0.05, 0.1) is 25.9 Å². The van der Waals surface area contributed by atoms with Gasteiger partial charge in [-0.2, -0.15) is 17.0 Å². The Kier molecular flexibility index (Phi) is 4.93. The minimum atomic E-state index is -3.38. The molecular formula is C10H21N3O4S. The molecule has 2 saturated heterocycles. The Balaban J connectivity index is 1.91. The van der Waals surface area contributed by atoms with E-state index in [0.29, 0.717) is 46.0 Å². The summed E-state index contributed by atoms with van der Waals surface area (Å²) in [6.07, 6.45) is -0.0698. The van der Waals surface area contributed by atoms with Crippen molar-refractivity contribution in [1.29, 1.82) is 0 Å². The lowest BCUT2D eigenvalue weighted by Crippen LogP contribution is -2.51. The number of hydrogen-bond acceptors (Lipinski definition) is 5. The van der Waals surface area contributed by atoms with Gasteiger partial charge in [-0.15, -0.1) is 0 Å². The lowest BCUT2D eigenvalue weighted by Gasteiger charge is -2.32. The summed E-state index contributed by atoms with van der Waals surface area (Å²) < 4.78 is 38.1. The maximum atomic E-state index is 12.3. The van der Waals surface area contributed by atoms with Crippen LogP contribution in [0.25, 0.3) is 0 Å². The Morgan fingerprint density at radius 3 is 2.67 bits per heavy atom. The molecule has 0 saturated carbocycles. The number of ether oxygens (including phenoxy) is 2. The van der Waals surface area contributed by atoms with E-state index in [0.717, 1.165) is 6.54 Å². The van der Waals surface area contributed by atoms with Crippen molar-refractivity contribution in [2.24, 2.45) is 0 Å². The third kappa shape index (κ3) is 3.40. The maximum absolute atomic E-state index is 12.3. The van der Waals surface area contributed by atoms with Crippen LogP contribution in [0, 0.1) is 0 Å². The second-order valence-electron chi connectivity index (χ2n) is 4.50. The van der Waals surface area contributed by atoms with Gasteiger partial charge in [0.25, 0.3) is 10.2 Å². The summed E-state index contributed by atoms with van der Waals surface area (Å²) in [6.45, 7) is 4.33. The van der Waals surface area contributed by atoms with Crippen LogP contribution in [0.15, 0.2) is 0 Å². The minimum absolute atomic E-state index is 0.0698. The molecule has 2 fully saturated rings. The maximum Gasteiger partial charge on any atom is 0.281 e. The van der Waals surface area contributed by atoms with E-state index in [9.17, 15) is 8.42 Å². The van der Waals surface area contributed by atoms with Crippen LogP contribution in [-0.4, -0.2) is 82.7 Å². The van der Waals surface area contributed by atoms with Gasteiger partial charge in [0, 0.05) is 39.8 Å². The smallest absolute Gasteiger partial charge is 0.281 e. The van der Waals surface area contributed by atoms with Gasteiger partial charge in [0.1, 0.15) is 0 Å². The van der Waals surface area contributed by atoms with Gasteiger partial charge in [-0.05, 0) is 0 Å². The molecule has 0 aromatic carbocycles. The van der Waals surface area contributed by atoms with Gasteiger partial charge < -0.3 is 14.8 Å². The minimum Gasteiger partial charge on any atom is -0.379 e. The zero-order chi connectivity index (χ0) is 13.0. The quantitative estimate of drug-likeness (QED) is 0.677. The Labute approximate surface area is 108 Å². The van der Waals surface area contributed by atoms with Crippen LogP contribution in [0.5, 0.6) is 0 Å². The van der Waals surface area contributed by atoms with Gasteiger partial charge in [0.15, 0.2) is 0 Å². The summed E-state index contributed by atoms with van der Waals surface area (Å²) in [5.74, 6) is 0. The molecule has 0 aromatic heterocycles. The highest BCUT2D eigenvalue weighted by Gasteiger charge is 2.30. The topological polar surface area (TPSA) is 71.1 Å². The van der Waals surface area contributed by atoms with Crippen LogP contribution in [0.4, 0.5) is 0 Å². The van der Waals surface area contributed by atoms with E-state index in [4.69, 9.17) is 9.47 Å². The first-order chi connectivity index (χ1) is 8.60. The van der Waals surface area contributed by atoms with Crippen molar-refractivity contribution >= 4 is 10.2 Å². The normalized spacial score (nSPS) is 27.6. The standard InChI is InChI=1S/C10H21N3O4S/c1-12(9-10-8-11-2-5-17-10)18(14,15)13-3-6-16-7-4-13/h10-11H,2-9H2,1H3. The zero-order valence-electron chi connectivity index (χ0n) is 10.7. The second kappa shape index (κ2) is 6.27. The lowest BCUT2D eigenvalue weighted by molar-refractivity contribution is 0.0188. The molecule has 18 heavy (non-hydrogen) atoms. The number of morpholine rings is 2. The molecule has 0 aliphatic carbocycles. The van der Waals surface area contributed by atoms with E-state index in [1.54, 1.807) is 7.05 Å². The average molecular weight is 279 g/mol. The van der Waals surface area contributed by atoms with Crippen molar-refractivity contribution in [3.8, 4) is 0 Å². The van der Waals surface area contributed by atoms with Crippen molar-refractivity contribution in [3.05, 3.63) is 0 Å². The number of hydrogen-bond donors (Lipinski definition) is 1. The van der Waals surface area contributed by atoms with E-state index in [-0.39, 0.29) is 6.10 Å². The zero-order valence-corrected chi connectivity index (χ0v) is 11.5. The summed E-state index contributed by atoms with van der Waals surface area (Å²) in [4.78, 5) is 0. The molecule has 0 amide bonds. The fourth-order valence-corrected chi connectivity index (χ4v) is 3.45. The Bertz CT molecular complexity index is 350. The lowest BCUT2D eigenvalue weighted by atomic mass is 10.3. The Morgan fingerprint density at radius 1 is 1.33 bits per heavy atom. The molecule has 1 atom stereocenters. The van der Waals surface area contributed by atoms with E-state index in [1.165, 1.54) is 8.61 Å². The van der Waals surface area contributed by atoms with Crippen molar-refractivity contribution in [2.75, 3.05) is 59.6 Å². The summed E-state index contributed by atoms with van der Waals surface area (Å²) >= 11 is 0. The van der Waals surface area contributed by atoms with Gasteiger partial charge >= 0.3 is 0 Å². The molecule has 0 bridgehead atoms. The fourth-order valence-electron chi connectivity index (χ4n) is 2.09. The Morgan fingerprint density at radius 2 is 2.06 bits per heavy atom. The summed E-state index contributed by atoms with van der Waals surface area (Å²) in [5, 5.41) is 3.19. The highest BCUT2D eigenvalue weighted by Crippen LogP contribution is 2.11. The van der Waals surface area contributed by atoms with E-state index in [2.05, 4.69) is 5.32 Å². The highest BCUT2D eigenvalue weighted by atomic mass is 32.2. The largest absolute Gasteiger partial charge is 0.379 e. The van der Waals surface area contributed by atoms with Gasteiger partial charge in [0.2, 0.25) is 0 Å². The molecule has 7 nitrogen and oxygen atoms in total. The van der Waals surface area contributed by atoms with Crippen LogP contribution >= 0.6 is 0 Å². The van der Waals surface area contributed by atoms with Crippen molar-refractivity contribution < 1.29 is 17.9 Å². The predicted molar refractivity (Wildman–Crippen MR) is 66.6 cm³/mol. The number of nitrogens with one attached hydrogen (secondary N) is 1. The number of likely N-dealkylation sites (N-methyl/N-ethyl adjacent to an activating group) is 1. The molecule has 0 radical (unpaired) electrons. The van der Waals surface area contributed by atoms with Crippen LogP contribution in [0.3, 0.4) is 0 Å². The first-order valence-corrected chi connectivity index (χ1v) is 7.62. The van der Waals surface area contributed by atoms with Crippen molar-refractivity contribution in [1.82, 2.24) is 13.9 Å². The van der Waals surface area contributed by atoms with E-state index < -0.39 is 10.2 Å². The van der Waals surface area contributed by atoms with Crippen molar-refractivity contribution in [2.45, 2.75) is 6.10 Å². The molecule has 1 unspecified atom stereocenters. The third-order valence-electron chi connectivity index (χ3n) is 3.16. The average Bonchev–Trinajstić information content (AvgIpc) is 2.41. The van der Waals surface area contributed by atoms with Crippen LogP contribution < -0.4 is 5.32 Å². The summed E-state index contributed by atoms with van der Waals surface area (Å²) in [5.41, 5.74) is 0. The second-order valence-corrected chi connectivity index (χ2v) is 6.53. The van der Waals surface area contributed by atoms with Crippen LogP contribution in [0.1, 0.15) is 0 Å². The Hall–Kier alpha value is -0.250. The molecule has 2 heterocycles.